The standard InChI is InChI=1S/C26H22ClN5OS/c1-2-18-14-20-25(19-10-6-7-11-21(19)27)29-16-23-31-30-22(32(23)26(20)34-18)15-28-24(33)13-12-17-8-4-3-5-9-17/h3-14H,2,15-16H2,1H3,(H,28,33)/b13-12+. The number of fused-ring (bicyclic) bond motifs is 3. The van der Waals surface area contributed by atoms with Crippen LogP contribution < -0.4 is 5.32 Å². The summed E-state index contributed by atoms with van der Waals surface area (Å²) in [5.41, 5.74) is 3.71. The Morgan fingerprint density at radius 1 is 1.12 bits per heavy atom. The molecule has 2 aromatic carbocycles. The van der Waals surface area contributed by atoms with E-state index in [-0.39, 0.29) is 12.5 Å². The molecule has 0 fully saturated rings. The fourth-order valence-electron chi connectivity index (χ4n) is 3.83. The third-order valence-electron chi connectivity index (χ3n) is 5.52. The van der Waals surface area contributed by atoms with E-state index in [1.165, 1.54) is 11.0 Å². The highest BCUT2D eigenvalue weighted by Gasteiger charge is 2.26. The monoisotopic (exact) mass is 487 g/mol. The molecule has 4 aromatic rings. The summed E-state index contributed by atoms with van der Waals surface area (Å²) < 4.78 is 2.02. The summed E-state index contributed by atoms with van der Waals surface area (Å²) in [5.74, 6) is 1.21. The zero-order valence-electron chi connectivity index (χ0n) is 18.5. The first-order valence-electron chi connectivity index (χ1n) is 11.0. The quantitative estimate of drug-likeness (QED) is 0.379. The van der Waals surface area contributed by atoms with Crippen molar-refractivity contribution in [2.24, 2.45) is 4.99 Å². The Morgan fingerprint density at radius 3 is 2.71 bits per heavy atom. The molecule has 5 rings (SSSR count). The fourth-order valence-corrected chi connectivity index (χ4v) is 5.19. The van der Waals surface area contributed by atoms with Crippen molar-refractivity contribution in [1.29, 1.82) is 0 Å². The van der Waals surface area contributed by atoms with Gasteiger partial charge in [-0.05, 0) is 30.2 Å². The number of hydrogen-bond acceptors (Lipinski definition) is 5. The lowest BCUT2D eigenvalue weighted by Gasteiger charge is -2.10. The SMILES string of the molecule is CCc1cc2c(s1)-n1c(nnc1CNC(=O)/C=C/c1ccccc1)CN=C2c1ccccc1Cl. The second kappa shape index (κ2) is 9.75. The van der Waals surface area contributed by atoms with Crippen molar-refractivity contribution in [3.63, 3.8) is 0 Å². The van der Waals surface area contributed by atoms with Crippen molar-refractivity contribution in [2.45, 2.75) is 26.4 Å². The number of carbonyl (C=O) groups excluding carboxylic acids is 1. The van der Waals surface area contributed by atoms with Gasteiger partial charge in [0.2, 0.25) is 5.91 Å². The van der Waals surface area contributed by atoms with Crippen LogP contribution in [0.2, 0.25) is 5.02 Å². The summed E-state index contributed by atoms with van der Waals surface area (Å²) in [7, 11) is 0. The second-order valence-electron chi connectivity index (χ2n) is 7.76. The molecule has 0 spiro atoms. The van der Waals surface area contributed by atoms with E-state index in [1.807, 2.05) is 59.2 Å². The van der Waals surface area contributed by atoms with Crippen molar-refractivity contribution in [2.75, 3.05) is 0 Å². The summed E-state index contributed by atoms with van der Waals surface area (Å²) in [5, 5.41) is 13.3. The molecule has 2 aromatic heterocycles. The fraction of sp³-hybridized carbons (Fsp3) is 0.154. The molecule has 3 heterocycles. The number of halogens is 1. The van der Waals surface area contributed by atoms with Crippen LogP contribution in [0.15, 0.2) is 71.7 Å². The molecule has 0 atom stereocenters. The number of aromatic nitrogens is 3. The van der Waals surface area contributed by atoms with Gasteiger partial charge in [-0.1, -0.05) is 67.1 Å². The van der Waals surface area contributed by atoms with E-state index in [0.717, 1.165) is 39.6 Å². The number of aryl methyl sites for hydroxylation is 1. The van der Waals surface area contributed by atoms with Gasteiger partial charge in [0.1, 0.15) is 11.5 Å². The lowest BCUT2D eigenvalue weighted by atomic mass is 10.0. The minimum atomic E-state index is -0.191. The Morgan fingerprint density at radius 2 is 1.91 bits per heavy atom. The molecule has 1 N–H and O–H groups in total. The molecule has 0 unspecified atom stereocenters. The number of thiophene rings is 1. The number of nitrogens with zero attached hydrogens (tertiary/aromatic N) is 4. The lowest BCUT2D eigenvalue weighted by Crippen LogP contribution is -2.22. The second-order valence-corrected chi connectivity index (χ2v) is 9.28. The Kier molecular flexibility index (Phi) is 6.38. The Labute approximate surface area is 206 Å². The first-order chi connectivity index (χ1) is 16.6. The minimum Gasteiger partial charge on any atom is -0.345 e. The number of amides is 1. The van der Waals surface area contributed by atoms with Gasteiger partial charge in [-0.15, -0.1) is 21.5 Å². The molecule has 1 aliphatic rings. The largest absolute Gasteiger partial charge is 0.345 e. The first kappa shape index (κ1) is 22.3. The summed E-state index contributed by atoms with van der Waals surface area (Å²) in [6.45, 7) is 2.76. The zero-order valence-corrected chi connectivity index (χ0v) is 20.1. The van der Waals surface area contributed by atoms with Gasteiger partial charge >= 0.3 is 0 Å². The average Bonchev–Trinajstić information content (AvgIpc) is 3.43. The highest BCUT2D eigenvalue weighted by atomic mass is 35.5. The molecule has 0 aliphatic carbocycles. The van der Waals surface area contributed by atoms with Crippen LogP contribution in [0, 0.1) is 0 Å². The van der Waals surface area contributed by atoms with Gasteiger partial charge in [0, 0.05) is 27.1 Å². The van der Waals surface area contributed by atoms with E-state index in [0.29, 0.717) is 17.4 Å². The van der Waals surface area contributed by atoms with Gasteiger partial charge in [-0.3, -0.25) is 14.4 Å². The van der Waals surface area contributed by atoms with E-state index in [1.54, 1.807) is 17.4 Å². The molecule has 170 valence electrons. The maximum absolute atomic E-state index is 12.4. The lowest BCUT2D eigenvalue weighted by molar-refractivity contribution is -0.116. The minimum absolute atomic E-state index is 0.191. The van der Waals surface area contributed by atoms with Crippen LogP contribution in [0.25, 0.3) is 11.1 Å². The van der Waals surface area contributed by atoms with Crippen LogP contribution in [0.4, 0.5) is 0 Å². The molecular formula is C26H22ClN5OS. The van der Waals surface area contributed by atoms with Gasteiger partial charge in [-0.2, -0.15) is 0 Å². The molecule has 0 saturated heterocycles. The van der Waals surface area contributed by atoms with Gasteiger partial charge < -0.3 is 5.32 Å². The van der Waals surface area contributed by atoms with Gasteiger partial charge in [-0.25, -0.2) is 0 Å². The molecule has 8 heteroatoms. The number of hydrogen-bond donors (Lipinski definition) is 1. The first-order valence-corrected chi connectivity index (χ1v) is 12.2. The topological polar surface area (TPSA) is 72.2 Å². The van der Waals surface area contributed by atoms with Crippen molar-refractivity contribution < 1.29 is 4.79 Å². The zero-order chi connectivity index (χ0) is 23.5. The Balaban J connectivity index is 1.44. The predicted molar refractivity (Wildman–Crippen MR) is 137 cm³/mol. The van der Waals surface area contributed by atoms with E-state index in [4.69, 9.17) is 16.6 Å². The van der Waals surface area contributed by atoms with Crippen LogP contribution >= 0.6 is 22.9 Å². The number of aliphatic imine (C=N–C) groups is 1. The van der Waals surface area contributed by atoms with Gasteiger partial charge in [0.25, 0.3) is 0 Å². The van der Waals surface area contributed by atoms with E-state index >= 15 is 0 Å². The maximum atomic E-state index is 12.4. The number of carbonyl (C=O) groups is 1. The molecule has 1 aliphatic heterocycles. The van der Waals surface area contributed by atoms with E-state index in [9.17, 15) is 4.79 Å². The third-order valence-corrected chi connectivity index (χ3v) is 7.12. The molecular weight excluding hydrogens is 466 g/mol. The van der Waals surface area contributed by atoms with E-state index < -0.39 is 0 Å². The van der Waals surface area contributed by atoms with Gasteiger partial charge in [0.05, 0.1) is 12.3 Å². The van der Waals surface area contributed by atoms with Crippen LogP contribution in [0.1, 0.15) is 40.1 Å². The van der Waals surface area contributed by atoms with Crippen molar-refractivity contribution >= 4 is 40.6 Å². The van der Waals surface area contributed by atoms with Gasteiger partial charge in [0.15, 0.2) is 11.6 Å². The number of rotatable bonds is 6. The number of benzene rings is 2. The average molecular weight is 488 g/mol. The van der Waals surface area contributed by atoms with Crippen molar-refractivity contribution in [1.82, 2.24) is 20.1 Å². The van der Waals surface area contributed by atoms with Crippen molar-refractivity contribution in [3.8, 4) is 5.00 Å². The summed E-state index contributed by atoms with van der Waals surface area (Å²) in [6, 6.07) is 19.6. The Hall–Kier alpha value is -3.55. The third kappa shape index (κ3) is 4.44. The van der Waals surface area contributed by atoms with Crippen LogP contribution in [0.3, 0.4) is 0 Å². The predicted octanol–water partition coefficient (Wildman–Crippen LogP) is 5.23. The Bertz CT molecular complexity index is 1400. The highest BCUT2D eigenvalue weighted by molar-refractivity contribution is 7.15. The smallest absolute Gasteiger partial charge is 0.244 e. The molecule has 34 heavy (non-hydrogen) atoms. The van der Waals surface area contributed by atoms with Crippen molar-refractivity contribution in [3.05, 3.63) is 105 Å². The van der Waals surface area contributed by atoms with Crippen LogP contribution in [0.5, 0.6) is 0 Å². The summed E-state index contributed by atoms with van der Waals surface area (Å²) in [4.78, 5) is 18.5. The molecule has 1 amide bonds. The molecule has 0 bridgehead atoms. The van der Waals surface area contributed by atoms with E-state index in [2.05, 4.69) is 28.5 Å². The number of nitrogens with one attached hydrogen (secondary N) is 1. The summed E-state index contributed by atoms with van der Waals surface area (Å²) >= 11 is 8.22. The highest BCUT2D eigenvalue weighted by Crippen LogP contribution is 2.34. The summed E-state index contributed by atoms with van der Waals surface area (Å²) in [6.07, 6.45) is 4.22. The van der Waals surface area contributed by atoms with Crippen LogP contribution in [-0.2, 0) is 24.3 Å². The molecule has 0 radical (unpaired) electrons. The normalized spacial score (nSPS) is 12.7. The molecule has 6 nitrogen and oxygen atoms in total. The van der Waals surface area contributed by atoms with Crippen LogP contribution in [-0.4, -0.2) is 26.4 Å². The maximum Gasteiger partial charge on any atom is 0.244 e. The molecule has 0 saturated carbocycles.